The zero-order chi connectivity index (χ0) is 22.7. The molecule has 0 unspecified atom stereocenters. The minimum absolute atomic E-state index is 1.14. The molecule has 0 aliphatic carbocycles. The summed E-state index contributed by atoms with van der Waals surface area (Å²) < 4.78 is 5.13. The van der Waals surface area contributed by atoms with Crippen LogP contribution in [0.2, 0.25) is 0 Å². The van der Waals surface area contributed by atoms with E-state index in [0.717, 1.165) is 6.54 Å². The number of imidazole rings is 1. The second kappa shape index (κ2) is 17.9. The van der Waals surface area contributed by atoms with Crippen LogP contribution in [0.15, 0.2) is 42.7 Å². The maximum absolute atomic E-state index is 2.58. The van der Waals surface area contributed by atoms with E-state index in [2.05, 4.69) is 65.7 Å². The summed E-state index contributed by atoms with van der Waals surface area (Å²) in [5, 5.41) is 0. The monoisotopic (exact) mass is 439 g/mol. The molecule has 0 spiro atoms. The van der Waals surface area contributed by atoms with Crippen LogP contribution in [0.3, 0.4) is 0 Å². The Bertz CT molecular complexity index is 673. The fourth-order valence-electron chi connectivity index (χ4n) is 4.77. The zero-order valence-electron chi connectivity index (χ0n) is 21.4. The molecule has 32 heavy (non-hydrogen) atoms. The molecule has 0 bridgehead atoms. The number of unbranched alkanes of at least 4 members (excludes halogenated alkanes) is 12. The van der Waals surface area contributed by atoms with E-state index in [1.54, 1.807) is 5.82 Å². The summed E-state index contributed by atoms with van der Waals surface area (Å²) in [6.07, 6.45) is 27.8. The van der Waals surface area contributed by atoms with E-state index in [4.69, 9.17) is 0 Å². The van der Waals surface area contributed by atoms with Crippen molar-refractivity contribution < 1.29 is 4.57 Å². The molecule has 0 N–H and O–H groups in total. The molecule has 2 heteroatoms. The van der Waals surface area contributed by atoms with E-state index in [1.807, 2.05) is 0 Å². The van der Waals surface area contributed by atoms with Gasteiger partial charge in [0.15, 0.2) is 0 Å². The van der Waals surface area contributed by atoms with Crippen molar-refractivity contribution in [1.29, 1.82) is 0 Å². The average molecular weight is 440 g/mol. The van der Waals surface area contributed by atoms with E-state index in [1.165, 1.54) is 121 Å². The molecule has 0 saturated heterocycles. The van der Waals surface area contributed by atoms with Gasteiger partial charge in [0.05, 0.1) is 13.1 Å². The van der Waals surface area contributed by atoms with Crippen LogP contribution < -0.4 is 4.57 Å². The lowest BCUT2D eigenvalue weighted by molar-refractivity contribution is -0.704. The third-order valence-corrected chi connectivity index (χ3v) is 6.80. The summed E-state index contributed by atoms with van der Waals surface area (Å²) in [5.41, 5.74) is 1.46. The zero-order valence-corrected chi connectivity index (χ0v) is 21.4. The minimum atomic E-state index is 1.14. The SMILES string of the molecule is CCCCCCCCCc1n(CCCCCCCCC)cc[n+]1CCCc1ccccc1. The Kier molecular flexibility index (Phi) is 14.9. The van der Waals surface area contributed by atoms with Gasteiger partial charge in [0.1, 0.15) is 12.4 Å². The number of hydrogen-bond donors (Lipinski definition) is 0. The molecule has 0 fully saturated rings. The maximum Gasteiger partial charge on any atom is 0.256 e. The Hall–Kier alpha value is -1.57. The highest BCUT2D eigenvalue weighted by atomic mass is 15.1. The molecule has 0 radical (unpaired) electrons. The Balaban J connectivity index is 1.80. The van der Waals surface area contributed by atoms with Gasteiger partial charge in [-0.15, -0.1) is 0 Å². The van der Waals surface area contributed by atoms with Gasteiger partial charge in [0.25, 0.3) is 5.82 Å². The molecule has 0 aliphatic heterocycles. The van der Waals surface area contributed by atoms with Gasteiger partial charge in [-0.05, 0) is 37.7 Å². The molecule has 1 heterocycles. The van der Waals surface area contributed by atoms with Gasteiger partial charge < -0.3 is 0 Å². The van der Waals surface area contributed by atoms with Crippen LogP contribution in [0, 0.1) is 0 Å². The van der Waals surface area contributed by atoms with Crippen LogP contribution in [0.4, 0.5) is 0 Å². The molecule has 0 atom stereocenters. The molecule has 1 aromatic carbocycles. The molecular weight excluding hydrogens is 388 g/mol. The van der Waals surface area contributed by atoms with Crippen LogP contribution in [-0.2, 0) is 25.9 Å². The maximum atomic E-state index is 2.58. The average Bonchev–Trinajstić information content (AvgIpc) is 3.20. The van der Waals surface area contributed by atoms with Gasteiger partial charge >= 0.3 is 0 Å². The summed E-state index contributed by atoms with van der Waals surface area (Å²) in [6, 6.07) is 11.0. The molecule has 180 valence electrons. The van der Waals surface area contributed by atoms with Gasteiger partial charge in [-0.3, -0.25) is 0 Å². The summed E-state index contributed by atoms with van der Waals surface area (Å²) >= 11 is 0. The van der Waals surface area contributed by atoms with Crippen molar-refractivity contribution in [3.63, 3.8) is 0 Å². The van der Waals surface area contributed by atoms with E-state index in [0.29, 0.717) is 0 Å². The molecule has 0 amide bonds. The van der Waals surface area contributed by atoms with Gasteiger partial charge in [0.2, 0.25) is 0 Å². The Morgan fingerprint density at radius 1 is 0.625 bits per heavy atom. The first-order valence-electron chi connectivity index (χ1n) is 14.0. The molecular formula is C30H51N2+. The first kappa shape index (κ1) is 26.7. The highest BCUT2D eigenvalue weighted by Crippen LogP contribution is 2.12. The number of hydrogen-bond acceptors (Lipinski definition) is 0. The van der Waals surface area contributed by atoms with Crippen molar-refractivity contribution in [2.45, 2.75) is 136 Å². The van der Waals surface area contributed by atoms with E-state index >= 15 is 0 Å². The van der Waals surface area contributed by atoms with Crippen molar-refractivity contribution in [2.24, 2.45) is 0 Å². The predicted octanol–water partition coefficient (Wildman–Crippen LogP) is 8.45. The smallest absolute Gasteiger partial charge is 0.234 e. The fraction of sp³-hybridized carbons (Fsp3) is 0.700. The fourth-order valence-corrected chi connectivity index (χ4v) is 4.77. The van der Waals surface area contributed by atoms with Crippen molar-refractivity contribution in [3.05, 3.63) is 54.1 Å². The molecule has 1 aromatic heterocycles. The predicted molar refractivity (Wildman–Crippen MR) is 139 cm³/mol. The first-order valence-corrected chi connectivity index (χ1v) is 14.0. The van der Waals surface area contributed by atoms with Gasteiger partial charge in [-0.25, -0.2) is 9.13 Å². The molecule has 2 rings (SSSR count). The van der Waals surface area contributed by atoms with Gasteiger partial charge in [-0.2, -0.15) is 0 Å². The summed E-state index contributed by atoms with van der Waals surface area (Å²) in [5.74, 6) is 1.57. The van der Waals surface area contributed by atoms with Gasteiger partial charge in [0, 0.05) is 6.42 Å². The number of aryl methyl sites for hydroxylation is 3. The lowest BCUT2D eigenvalue weighted by Crippen LogP contribution is -2.37. The molecule has 2 aromatic rings. The quantitative estimate of drug-likeness (QED) is 0.144. The standard InChI is InChI=1S/C30H51N2/c1-3-5-7-9-11-13-18-24-30-31(25-19-14-12-10-8-6-4-2)27-28-32(30)26-20-23-29-21-16-15-17-22-29/h15-17,21-22,27-28H,3-14,18-20,23-26H2,1-2H3/q+1. The topological polar surface area (TPSA) is 8.81 Å². The van der Waals surface area contributed by atoms with E-state index < -0.39 is 0 Å². The lowest BCUT2D eigenvalue weighted by Gasteiger charge is -2.07. The van der Waals surface area contributed by atoms with Gasteiger partial charge in [-0.1, -0.05) is 115 Å². The van der Waals surface area contributed by atoms with Crippen LogP contribution in [-0.4, -0.2) is 4.57 Å². The highest BCUT2D eigenvalue weighted by molar-refractivity contribution is 5.14. The van der Waals surface area contributed by atoms with Crippen molar-refractivity contribution in [3.8, 4) is 0 Å². The second-order valence-corrected chi connectivity index (χ2v) is 9.68. The first-order chi connectivity index (χ1) is 15.8. The van der Waals surface area contributed by atoms with Crippen molar-refractivity contribution >= 4 is 0 Å². The summed E-state index contributed by atoms with van der Waals surface area (Å²) in [4.78, 5) is 0. The van der Waals surface area contributed by atoms with Crippen molar-refractivity contribution in [2.75, 3.05) is 0 Å². The minimum Gasteiger partial charge on any atom is -0.234 e. The Morgan fingerprint density at radius 2 is 1.22 bits per heavy atom. The second-order valence-electron chi connectivity index (χ2n) is 9.68. The number of benzene rings is 1. The summed E-state index contributed by atoms with van der Waals surface area (Å²) in [7, 11) is 0. The highest BCUT2D eigenvalue weighted by Gasteiger charge is 2.16. The Labute approximate surface area is 199 Å². The van der Waals surface area contributed by atoms with Crippen LogP contribution >= 0.6 is 0 Å². The Morgan fingerprint density at radius 3 is 1.88 bits per heavy atom. The normalized spacial score (nSPS) is 11.3. The van der Waals surface area contributed by atoms with Crippen LogP contribution in [0.5, 0.6) is 0 Å². The summed E-state index contributed by atoms with van der Waals surface area (Å²) in [6.45, 7) is 6.94. The molecule has 0 saturated carbocycles. The third-order valence-electron chi connectivity index (χ3n) is 6.80. The van der Waals surface area contributed by atoms with Crippen LogP contribution in [0.1, 0.15) is 122 Å². The third kappa shape index (κ3) is 11.3. The van der Waals surface area contributed by atoms with E-state index in [-0.39, 0.29) is 0 Å². The number of rotatable bonds is 20. The van der Waals surface area contributed by atoms with Crippen molar-refractivity contribution in [1.82, 2.24) is 4.57 Å². The van der Waals surface area contributed by atoms with Crippen LogP contribution in [0.25, 0.3) is 0 Å². The largest absolute Gasteiger partial charge is 0.256 e. The lowest BCUT2D eigenvalue weighted by atomic mass is 10.1. The molecule has 2 nitrogen and oxygen atoms in total. The molecule has 0 aliphatic rings. The number of nitrogens with zero attached hydrogens (tertiary/aromatic N) is 2. The van der Waals surface area contributed by atoms with E-state index in [9.17, 15) is 0 Å². The number of aromatic nitrogens is 2.